The first-order valence-corrected chi connectivity index (χ1v) is 24.6. The molecule has 0 spiro atoms. The number of hydrogen-bond acceptors (Lipinski definition) is 15. The second-order valence-electron chi connectivity index (χ2n) is 14.2. The predicted octanol–water partition coefficient (Wildman–Crippen LogP) is 1.01. The van der Waals surface area contributed by atoms with Crippen LogP contribution in [0.1, 0.15) is 59.8 Å². The number of aromatic nitrogens is 3. The van der Waals surface area contributed by atoms with Crippen molar-refractivity contribution in [3.8, 4) is 0 Å². The Morgan fingerprint density at radius 3 is 1.39 bits per heavy atom. The summed E-state index contributed by atoms with van der Waals surface area (Å²) in [5.74, 6) is -1.17. The fraction of sp³-hybridized carbons (Fsp3) is 0.526. The minimum absolute atomic E-state index is 0. The Kier molecular flexibility index (Phi) is 19.8. The molecule has 3 aliphatic heterocycles. The van der Waals surface area contributed by atoms with Crippen LogP contribution in [0.5, 0.6) is 0 Å². The summed E-state index contributed by atoms with van der Waals surface area (Å²) in [5, 5.41) is 9.08. The third-order valence-corrected chi connectivity index (χ3v) is 16.5. The van der Waals surface area contributed by atoms with Gasteiger partial charge in [0.05, 0.1) is 18.9 Å². The van der Waals surface area contributed by atoms with Gasteiger partial charge in [0.2, 0.25) is 30.1 Å². The van der Waals surface area contributed by atoms with Gasteiger partial charge >= 0.3 is 5.97 Å². The number of pyridine rings is 3. The van der Waals surface area contributed by atoms with Gasteiger partial charge in [-0.1, -0.05) is 42.6 Å². The van der Waals surface area contributed by atoms with Crippen molar-refractivity contribution in [2.45, 2.75) is 49.3 Å². The van der Waals surface area contributed by atoms with Crippen molar-refractivity contribution in [2.24, 2.45) is 0 Å². The third kappa shape index (κ3) is 13.5. The van der Waals surface area contributed by atoms with Crippen molar-refractivity contribution >= 4 is 57.1 Å². The molecule has 3 fully saturated rings. The molecular weight excluding hydrogens is 1050 g/mol. The number of carbonyl (C=O) groups is 2. The first-order valence-electron chi connectivity index (χ1n) is 20.2. The van der Waals surface area contributed by atoms with E-state index in [1.165, 1.54) is 43.5 Å². The monoisotopic (exact) mass is 1110 g/mol. The van der Waals surface area contributed by atoms with Gasteiger partial charge < -0.3 is 29.6 Å². The maximum absolute atomic E-state index is 12.6. The smallest absolute Gasteiger partial charge is 0.337 e. The Morgan fingerprint density at radius 1 is 0.661 bits per heavy atom. The maximum Gasteiger partial charge on any atom is 0.337 e. The number of hydrogen-bond donors (Lipinski definition) is 1. The van der Waals surface area contributed by atoms with E-state index in [0.29, 0.717) is 76.8 Å². The van der Waals surface area contributed by atoms with E-state index in [0.717, 1.165) is 38.9 Å². The van der Waals surface area contributed by atoms with Gasteiger partial charge in [-0.2, -0.15) is 12.9 Å². The van der Waals surface area contributed by atoms with Gasteiger partial charge in [0.15, 0.2) is 5.52 Å². The Bertz CT molecular complexity index is 2300. The Balaban J connectivity index is 0.000000250. The number of carboxylic acids is 1. The number of aromatic carboxylic acids is 1. The summed E-state index contributed by atoms with van der Waals surface area (Å²) < 4.78 is 87.0. The summed E-state index contributed by atoms with van der Waals surface area (Å²) in [6.45, 7) is 18.8. The van der Waals surface area contributed by atoms with Gasteiger partial charge in [-0.25, -0.2) is 30.0 Å². The second-order valence-corrected chi connectivity index (χ2v) is 20.6. The van der Waals surface area contributed by atoms with Crippen molar-refractivity contribution in [1.82, 2.24) is 42.6 Å². The topological polar surface area (TPSA) is 232 Å². The van der Waals surface area contributed by atoms with Gasteiger partial charge in [0, 0.05) is 135 Å². The maximum atomic E-state index is 12.6. The van der Waals surface area contributed by atoms with E-state index >= 15 is 0 Å². The van der Waals surface area contributed by atoms with Gasteiger partial charge in [-0.05, 0) is 38.7 Å². The number of aryl methyl sites for hydroxylation is 2. The van der Waals surface area contributed by atoms with Crippen molar-refractivity contribution in [2.75, 3.05) is 98.2 Å². The van der Waals surface area contributed by atoms with Crippen molar-refractivity contribution in [1.29, 1.82) is 0 Å². The number of carbonyl (C=O) groups excluding carboxylic acids is 2. The average Bonchev–Trinajstić information content (AvgIpc) is 3.26. The van der Waals surface area contributed by atoms with Crippen LogP contribution in [-0.4, -0.2) is 189 Å². The molecule has 0 bridgehead atoms. The van der Waals surface area contributed by atoms with Gasteiger partial charge in [-0.15, -0.1) is 11.6 Å². The standard InChI is InChI=1S/C13H19N3O4S.C13H18N3O3S.C12H18N3O3PS.W/c1-3-15-4-6-16(7-5-15)21(19,20)11-8-12(13(17)18)10(2)14-9-11;1-3-15-4-6-16(7-5-15)20(18,19)13-8-12(10-17)11(2)14-9-13;1-2-14-3-5-15(6-4-14)20(17,18)11-7-10(12(16)19)8-13-9-11;/h8-9H,3-7H2,1-2H3,(H,17,18);8-9H,3-7H2,1-2H3;7-9H,2-6,19H2,1H3;/q;-1;;/i;;8D;. The van der Waals surface area contributed by atoms with E-state index in [9.17, 15) is 39.6 Å². The molecule has 0 amide bonds. The normalized spacial score (nSPS) is 17.9. The van der Waals surface area contributed by atoms with Crippen LogP contribution in [0.2, 0.25) is 0 Å². The molecule has 0 aromatic carbocycles. The first kappa shape index (κ1) is 51.6. The molecule has 1 unspecified atom stereocenters. The first-order chi connectivity index (χ1) is 29.2. The molecule has 1 atom stereocenters. The van der Waals surface area contributed by atoms with Gasteiger partial charge in [-0.3, -0.25) is 14.8 Å². The van der Waals surface area contributed by atoms with Crippen LogP contribution in [0.15, 0.2) is 57.6 Å². The molecule has 0 saturated carbocycles. The number of likely N-dealkylation sites (N-methyl/N-ethyl adjacent to an activating group) is 3. The van der Waals surface area contributed by atoms with Crippen LogP contribution >= 0.6 is 9.24 Å². The fourth-order valence-electron chi connectivity index (χ4n) is 6.58. The molecule has 6 heterocycles. The van der Waals surface area contributed by atoms with Crippen LogP contribution in [-0.2, 0) is 55.9 Å². The predicted molar refractivity (Wildman–Crippen MR) is 231 cm³/mol. The van der Waals surface area contributed by atoms with Gasteiger partial charge in [0.1, 0.15) is 9.79 Å². The molecule has 19 nitrogen and oxygen atoms in total. The van der Waals surface area contributed by atoms with E-state index in [-0.39, 0.29) is 58.6 Å². The molecule has 0 aliphatic carbocycles. The summed E-state index contributed by atoms with van der Waals surface area (Å²) in [6, 6.07) is 3.76. The Labute approximate surface area is 383 Å². The molecule has 342 valence electrons. The zero-order chi connectivity index (χ0) is 46.0. The summed E-state index contributed by atoms with van der Waals surface area (Å²) in [6.07, 6.45) is 5.17. The zero-order valence-corrected chi connectivity index (χ0v) is 42.0. The van der Waals surface area contributed by atoms with E-state index in [1.807, 2.05) is 23.1 Å². The number of nitrogens with zero attached hydrogens (tertiary/aromatic N) is 9. The molecule has 24 heteroatoms. The van der Waals surface area contributed by atoms with Crippen LogP contribution in [0.4, 0.5) is 0 Å². The fourth-order valence-corrected chi connectivity index (χ4v) is 10.9. The van der Waals surface area contributed by atoms with E-state index in [2.05, 4.69) is 36.6 Å². The van der Waals surface area contributed by atoms with Crippen molar-refractivity contribution in [3.63, 3.8) is 0 Å². The van der Waals surface area contributed by atoms with E-state index in [4.69, 9.17) is 6.48 Å². The van der Waals surface area contributed by atoms with Crippen LogP contribution in [0.25, 0.3) is 0 Å². The molecule has 3 aromatic heterocycles. The van der Waals surface area contributed by atoms with Crippen LogP contribution < -0.4 is 0 Å². The average molecular weight is 1110 g/mol. The third-order valence-electron chi connectivity index (χ3n) is 10.6. The zero-order valence-electron chi connectivity index (χ0n) is 36.4. The van der Waals surface area contributed by atoms with Crippen LogP contribution in [0.3, 0.4) is 0 Å². The summed E-state index contributed by atoms with van der Waals surface area (Å²) in [5.41, 5.74) is 0.446. The molecule has 3 aliphatic rings. The Hall–Kier alpha value is -3.01. The summed E-state index contributed by atoms with van der Waals surface area (Å²) in [7, 11) is -9.00. The number of carboxylic acid groups (broad SMARTS) is 1. The minimum Gasteiger partial charge on any atom is -0.478 e. The van der Waals surface area contributed by atoms with E-state index in [1.54, 1.807) is 20.1 Å². The quantitative estimate of drug-likeness (QED) is 0.197. The van der Waals surface area contributed by atoms with Crippen molar-refractivity contribution in [3.05, 3.63) is 71.0 Å². The molecule has 62 heavy (non-hydrogen) atoms. The summed E-state index contributed by atoms with van der Waals surface area (Å²) in [4.78, 5) is 51.4. The molecular formula is C38H55N9O10PS3W-. The minimum atomic E-state index is -3.69. The van der Waals surface area contributed by atoms with E-state index < -0.39 is 41.6 Å². The SMILES string of the molecule is CCN1CCN(S(=O)(=O)c2cnc(C)c(C(=O)O)c2)CC1.CCN1CCN(S(=O)(=O)c2cnc(C)c([C-]=O)c2)CC1.[2H]c1ncc(S(=O)(=O)N2CCN(CC)CC2)cc1C(=O)P.[W]. The molecule has 6 rings (SSSR count). The molecule has 3 saturated heterocycles. The second kappa shape index (κ2) is 23.8. The molecule has 3 aromatic rings. The summed E-state index contributed by atoms with van der Waals surface area (Å²) >= 11 is 0. The number of sulfonamides is 3. The number of piperazine rings is 3. The largest absolute Gasteiger partial charge is 0.478 e. The number of rotatable bonds is 12. The van der Waals surface area contributed by atoms with Gasteiger partial charge in [0.25, 0.3) is 0 Å². The molecule has 1 N–H and O–H groups in total. The molecule has 0 radical (unpaired) electrons. The Morgan fingerprint density at radius 2 is 1.03 bits per heavy atom. The van der Waals surface area contributed by atoms with Crippen molar-refractivity contribution < 1.29 is 67.2 Å². The van der Waals surface area contributed by atoms with Crippen LogP contribution in [0, 0.1) is 13.8 Å².